The standard InChI is InChI=1S/C79H156O6/c1-7-10-13-16-19-21-22-43-46-49-52-56-61-66-74(4)82-71-75(5)83-72-76(6)85-79(81)70-65-60-55-51-48-45-42-40-38-36-34-32-30-28-26-24-23-25-27-29-31-33-35-37-39-41-44-47-50-54-59-64-69-78(80)84-73-77(67-62-57-18-15-12-9-3)68-63-58-53-20-17-14-11-8-2/h74-77H,7-73H2,1-6H3. The summed E-state index contributed by atoms with van der Waals surface area (Å²) in [5.74, 6) is 0.537. The molecule has 0 heterocycles. The lowest BCUT2D eigenvalue weighted by Crippen LogP contribution is -2.26. The Kier molecular flexibility index (Phi) is 71.0. The van der Waals surface area contributed by atoms with Gasteiger partial charge in [0.2, 0.25) is 0 Å². The maximum atomic E-state index is 12.6. The molecule has 6 nitrogen and oxygen atoms in total. The van der Waals surface area contributed by atoms with E-state index in [-0.39, 0.29) is 30.3 Å². The van der Waals surface area contributed by atoms with Crippen LogP contribution >= 0.6 is 0 Å². The van der Waals surface area contributed by atoms with E-state index in [4.69, 9.17) is 18.9 Å². The molecule has 0 aromatic carbocycles. The molecule has 6 heteroatoms. The van der Waals surface area contributed by atoms with E-state index in [9.17, 15) is 9.59 Å². The van der Waals surface area contributed by atoms with Crippen molar-refractivity contribution in [3.8, 4) is 0 Å². The van der Waals surface area contributed by atoms with Gasteiger partial charge in [-0.05, 0) is 58.8 Å². The summed E-state index contributed by atoms with van der Waals surface area (Å²) in [5.41, 5.74) is 0. The molecule has 0 saturated carbocycles. The number of hydrogen-bond acceptors (Lipinski definition) is 6. The van der Waals surface area contributed by atoms with Crippen molar-refractivity contribution in [3.05, 3.63) is 0 Å². The first kappa shape index (κ1) is 83.9. The smallest absolute Gasteiger partial charge is 0.306 e. The van der Waals surface area contributed by atoms with E-state index in [1.54, 1.807) is 0 Å². The van der Waals surface area contributed by atoms with E-state index < -0.39 is 0 Å². The largest absolute Gasteiger partial charge is 0.465 e. The van der Waals surface area contributed by atoms with Crippen molar-refractivity contribution in [3.63, 3.8) is 0 Å². The second-order valence-electron chi connectivity index (χ2n) is 27.8. The summed E-state index contributed by atoms with van der Waals surface area (Å²) in [6.07, 6.45) is 85.3. The van der Waals surface area contributed by atoms with Crippen LogP contribution in [0, 0.1) is 5.92 Å². The Morgan fingerprint density at radius 1 is 0.235 bits per heavy atom. The summed E-state index contributed by atoms with van der Waals surface area (Å²) in [6, 6.07) is 0. The molecule has 0 aromatic heterocycles. The second kappa shape index (κ2) is 71.9. The Morgan fingerprint density at radius 2 is 0.459 bits per heavy atom. The van der Waals surface area contributed by atoms with Gasteiger partial charge in [0.05, 0.1) is 32.0 Å². The number of ether oxygens (including phenoxy) is 4. The molecule has 0 aliphatic rings. The topological polar surface area (TPSA) is 71.1 Å². The molecule has 0 bridgehead atoms. The fourth-order valence-corrected chi connectivity index (χ4v) is 12.7. The van der Waals surface area contributed by atoms with Crippen molar-refractivity contribution in [1.29, 1.82) is 0 Å². The molecule has 0 aliphatic carbocycles. The molecule has 0 rings (SSSR count). The SMILES string of the molecule is CCCCCCCCCCCCCCCC(C)OCC(C)OCC(C)OC(=O)CCCCCCCCCCCCCCCCCCCCCCCCCCCCCCCCCCC(=O)OCC(CCCCCCCC)CCCCCCCCCC. The number of carbonyl (C=O) groups is 2. The quantitative estimate of drug-likeness (QED) is 0.0446. The number of unbranched alkanes of at least 4 members (excludes halogenated alkanes) is 55. The van der Waals surface area contributed by atoms with Crippen LogP contribution in [0.15, 0.2) is 0 Å². The third kappa shape index (κ3) is 70.2. The van der Waals surface area contributed by atoms with Crippen LogP contribution in [0.1, 0.15) is 452 Å². The van der Waals surface area contributed by atoms with Crippen molar-refractivity contribution in [1.82, 2.24) is 0 Å². The van der Waals surface area contributed by atoms with Crippen molar-refractivity contribution in [2.24, 2.45) is 5.92 Å². The van der Waals surface area contributed by atoms with Crippen LogP contribution in [0.5, 0.6) is 0 Å². The van der Waals surface area contributed by atoms with E-state index in [1.165, 1.54) is 372 Å². The minimum Gasteiger partial charge on any atom is -0.465 e. The van der Waals surface area contributed by atoms with Gasteiger partial charge in [-0.15, -0.1) is 0 Å². The van der Waals surface area contributed by atoms with Gasteiger partial charge >= 0.3 is 11.9 Å². The first-order valence-corrected chi connectivity index (χ1v) is 39.4. The highest BCUT2D eigenvalue weighted by molar-refractivity contribution is 5.69. The van der Waals surface area contributed by atoms with Crippen LogP contribution < -0.4 is 0 Å². The summed E-state index contributed by atoms with van der Waals surface area (Å²) in [4.78, 5) is 25.0. The predicted molar refractivity (Wildman–Crippen MR) is 373 cm³/mol. The van der Waals surface area contributed by atoms with E-state index >= 15 is 0 Å². The molecule has 0 radical (unpaired) electrons. The predicted octanol–water partition coefficient (Wildman–Crippen LogP) is 26.9. The fraction of sp³-hybridized carbons (Fsp3) is 0.975. The normalized spacial score (nSPS) is 13.2. The van der Waals surface area contributed by atoms with E-state index in [2.05, 4.69) is 34.6 Å². The molecule has 0 N–H and O–H groups in total. The Balaban J connectivity index is 3.46. The highest BCUT2D eigenvalue weighted by atomic mass is 16.6. The van der Waals surface area contributed by atoms with Crippen molar-refractivity contribution in [2.45, 2.75) is 471 Å². The molecule has 508 valence electrons. The average Bonchev–Trinajstić information content (AvgIpc) is 3.49. The average molecular weight is 1200 g/mol. The summed E-state index contributed by atoms with van der Waals surface area (Å²) < 4.78 is 23.5. The molecule has 0 aliphatic heterocycles. The lowest BCUT2D eigenvalue weighted by Gasteiger charge is -2.20. The number of esters is 2. The van der Waals surface area contributed by atoms with Crippen molar-refractivity contribution in [2.75, 3.05) is 19.8 Å². The van der Waals surface area contributed by atoms with Gasteiger partial charge in [0.1, 0.15) is 6.10 Å². The Labute approximate surface area is 534 Å². The van der Waals surface area contributed by atoms with Gasteiger partial charge in [0.25, 0.3) is 0 Å². The lowest BCUT2D eigenvalue weighted by molar-refractivity contribution is -0.153. The summed E-state index contributed by atoms with van der Waals surface area (Å²) in [6.45, 7) is 14.7. The number of rotatable bonds is 74. The molecule has 4 atom stereocenters. The molecule has 0 saturated heterocycles. The molecule has 0 aromatic rings. The Morgan fingerprint density at radius 3 is 0.753 bits per heavy atom. The van der Waals surface area contributed by atoms with Gasteiger partial charge in [-0.2, -0.15) is 0 Å². The van der Waals surface area contributed by atoms with E-state index in [0.29, 0.717) is 38.6 Å². The molecule has 4 unspecified atom stereocenters. The highest BCUT2D eigenvalue weighted by Crippen LogP contribution is 2.23. The fourth-order valence-electron chi connectivity index (χ4n) is 12.7. The van der Waals surface area contributed by atoms with E-state index in [0.717, 1.165) is 25.7 Å². The van der Waals surface area contributed by atoms with Crippen molar-refractivity contribution < 1.29 is 28.5 Å². The zero-order valence-corrected chi connectivity index (χ0v) is 59.1. The maximum Gasteiger partial charge on any atom is 0.306 e. The third-order valence-electron chi connectivity index (χ3n) is 18.7. The summed E-state index contributed by atoms with van der Waals surface area (Å²) >= 11 is 0. The zero-order chi connectivity index (χ0) is 61.7. The van der Waals surface area contributed by atoms with Gasteiger partial charge < -0.3 is 18.9 Å². The van der Waals surface area contributed by atoms with Crippen LogP contribution in [0.25, 0.3) is 0 Å². The first-order valence-electron chi connectivity index (χ1n) is 39.4. The van der Waals surface area contributed by atoms with Crippen molar-refractivity contribution >= 4 is 11.9 Å². The molecular formula is C79H156O6. The van der Waals surface area contributed by atoms with Crippen LogP contribution in [0.3, 0.4) is 0 Å². The minimum absolute atomic E-state index is 0.00162. The maximum absolute atomic E-state index is 12.6. The Bertz CT molecular complexity index is 1270. The van der Waals surface area contributed by atoms with Crippen LogP contribution in [-0.4, -0.2) is 50.1 Å². The minimum atomic E-state index is -0.219. The van der Waals surface area contributed by atoms with Crippen LogP contribution in [0.4, 0.5) is 0 Å². The second-order valence-corrected chi connectivity index (χ2v) is 27.8. The summed E-state index contributed by atoms with van der Waals surface area (Å²) in [5, 5.41) is 0. The van der Waals surface area contributed by atoms with Gasteiger partial charge in [-0.1, -0.05) is 387 Å². The Hall–Kier alpha value is -1.14. The molecule has 85 heavy (non-hydrogen) atoms. The summed E-state index contributed by atoms with van der Waals surface area (Å²) in [7, 11) is 0. The third-order valence-corrected chi connectivity index (χ3v) is 18.7. The monoisotopic (exact) mass is 1200 g/mol. The molecule has 0 amide bonds. The van der Waals surface area contributed by atoms with Gasteiger partial charge in [-0.25, -0.2) is 0 Å². The van der Waals surface area contributed by atoms with E-state index in [1.807, 2.05) is 6.92 Å². The van der Waals surface area contributed by atoms with Gasteiger partial charge in [-0.3, -0.25) is 9.59 Å². The molecule has 0 fully saturated rings. The first-order chi connectivity index (χ1) is 41.8. The highest BCUT2D eigenvalue weighted by Gasteiger charge is 2.15. The zero-order valence-electron chi connectivity index (χ0n) is 59.1. The van der Waals surface area contributed by atoms with Gasteiger partial charge in [0, 0.05) is 12.8 Å². The van der Waals surface area contributed by atoms with Crippen LogP contribution in [-0.2, 0) is 28.5 Å². The molecular weight excluding hydrogens is 1040 g/mol. The van der Waals surface area contributed by atoms with Gasteiger partial charge in [0.15, 0.2) is 0 Å². The number of hydrogen-bond donors (Lipinski definition) is 0. The molecule has 0 spiro atoms. The van der Waals surface area contributed by atoms with Crippen LogP contribution in [0.2, 0.25) is 0 Å². The number of carbonyl (C=O) groups excluding carboxylic acids is 2. The lowest BCUT2D eigenvalue weighted by atomic mass is 9.94.